The summed E-state index contributed by atoms with van der Waals surface area (Å²) < 4.78 is 0. The quantitative estimate of drug-likeness (QED) is 0.861. The van der Waals surface area contributed by atoms with Crippen molar-refractivity contribution in [3.8, 4) is 6.07 Å². The van der Waals surface area contributed by atoms with E-state index in [1.807, 2.05) is 12.1 Å². The molecular weight excluding hydrogens is 224 g/mol. The van der Waals surface area contributed by atoms with Crippen molar-refractivity contribution in [2.24, 2.45) is 0 Å². The summed E-state index contributed by atoms with van der Waals surface area (Å²) in [5.41, 5.74) is 1.51. The first-order valence-corrected chi connectivity index (χ1v) is 6.72. The van der Waals surface area contributed by atoms with Crippen LogP contribution in [0.25, 0.3) is 0 Å². The maximum atomic E-state index is 8.84. The van der Waals surface area contributed by atoms with Crippen molar-refractivity contribution >= 4 is 5.69 Å². The Balaban J connectivity index is 1.64. The molecule has 2 aliphatic heterocycles. The summed E-state index contributed by atoms with van der Waals surface area (Å²) in [6.45, 7) is 2.49. The average Bonchev–Trinajstić information content (AvgIpc) is 2.86. The van der Waals surface area contributed by atoms with Gasteiger partial charge in [-0.2, -0.15) is 5.26 Å². The smallest absolute Gasteiger partial charge is 0.142 e. The molecule has 0 saturated carbocycles. The number of piperidine rings is 1. The van der Waals surface area contributed by atoms with Crippen LogP contribution in [0, 0.1) is 11.3 Å². The minimum atomic E-state index is 0.485. The second-order valence-corrected chi connectivity index (χ2v) is 5.24. The number of nitrogens with zero attached hydrogens (tertiary/aromatic N) is 3. The van der Waals surface area contributed by atoms with Gasteiger partial charge < -0.3 is 10.2 Å². The average molecular weight is 242 g/mol. The molecule has 0 bridgehead atoms. The second-order valence-electron chi connectivity index (χ2n) is 5.24. The summed E-state index contributed by atoms with van der Waals surface area (Å²) in [6, 6.07) is 7.17. The molecule has 2 aliphatic rings. The standard InChI is InChI=1S/C14H18N4/c15-10-13-8-11(3-5-16-13)17-12-4-7-18-6-1-2-14(18)9-12/h3,5,8,12,14H,1-2,4,6-7,9H2,(H,16,17). The molecule has 3 rings (SSSR count). The highest BCUT2D eigenvalue weighted by Crippen LogP contribution is 2.28. The second kappa shape index (κ2) is 4.95. The van der Waals surface area contributed by atoms with Crippen molar-refractivity contribution in [2.45, 2.75) is 37.8 Å². The summed E-state index contributed by atoms with van der Waals surface area (Å²) in [5, 5.41) is 12.4. The SMILES string of the molecule is N#Cc1cc(NC2CCN3CCCC3C2)ccn1. The predicted octanol–water partition coefficient (Wildman–Crippen LogP) is 1.99. The third-order valence-electron chi connectivity index (χ3n) is 4.07. The molecule has 0 aliphatic carbocycles. The first-order chi connectivity index (χ1) is 8.85. The van der Waals surface area contributed by atoms with Crippen LogP contribution in [0.15, 0.2) is 18.3 Å². The van der Waals surface area contributed by atoms with Gasteiger partial charge in [-0.25, -0.2) is 4.98 Å². The Morgan fingerprint density at radius 3 is 3.22 bits per heavy atom. The zero-order chi connectivity index (χ0) is 12.4. The van der Waals surface area contributed by atoms with Crippen LogP contribution >= 0.6 is 0 Å². The van der Waals surface area contributed by atoms with E-state index in [1.165, 1.54) is 38.8 Å². The van der Waals surface area contributed by atoms with E-state index in [9.17, 15) is 0 Å². The summed E-state index contributed by atoms with van der Waals surface area (Å²) in [7, 11) is 0. The minimum Gasteiger partial charge on any atom is -0.382 e. The first kappa shape index (κ1) is 11.5. The number of rotatable bonds is 2. The van der Waals surface area contributed by atoms with Crippen molar-refractivity contribution in [1.82, 2.24) is 9.88 Å². The molecule has 0 radical (unpaired) electrons. The molecule has 4 nitrogen and oxygen atoms in total. The Labute approximate surface area is 108 Å². The number of fused-ring (bicyclic) bond motifs is 1. The van der Waals surface area contributed by atoms with E-state index in [4.69, 9.17) is 5.26 Å². The third-order valence-corrected chi connectivity index (χ3v) is 4.07. The Hall–Kier alpha value is -1.60. The zero-order valence-corrected chi connectivity index (χ0v) is 10.5. The topological polar surface area (TPSA) is 52.0 Å². The minimum absolute atomic E-state index is 0.485. The molecule has 1 aromatic rings. The third kappa shape index (κ3) is 2.32. The molecule has 94 valence electrons. The van der Waals surface area contributed by atoms with E-state index in [1.54, 1.807) is 6.20 Å². The molecule has 2 fully saturated rings. The van der Waals surface area contributed by atoms with Crippen LogP contribution in [0.5, 0.6) is 0 Å². The molecule has 4 heteroatoms. The zero-order valence-electron chi connectivity index (χ0n) is 10.5. The summed E-state index contributed by atoms with van der Waals surface area (Å²) >= 11 is 0. The Bertz CT molecular complexity index is 465. The normalized spacial score (nSPS) is 27.5. The molecule has 18 heavy (non-hydrogen) atoms. The highest BCUT2D eigenvalue weighted by atomic mass is 15.2. The van der Waals surface area contributed by atoms with Gasteiger partial charge in [-0.15, -0.1) is 0 Å². The van der Waals surface area contributed by atoms with E-state index in [0.717, 1.165) is 11.7 Å². The number of hydrogen-bond acceptors (Lipinski definition) is 4. The first-order valence-electron chi connectivity index (χ1n) is 6.72. The predicted molar refractivity (Wildman–Crippen MR) is 70.2 cm³/mol. The number of anilines is 1. The van der Waals surface area contributed by atoms with Crippen LogP contribution in [0.4, 0.5) is 5.69 Å². The van der Waals surface area contributed by atoms with Crippen molar-refractivity contribution < 1.29 is 0 Å². The van der Waals surface area contributed by atoms with Crippen LogP contribution in [-0.4, -0.2) is 35.1 Å². The summed E-state index contributed by atoms with van der Waals surface area (Å²) in [5.74, 6) is 0. The van der Waals surface area contributed by atoms with Gasteiger partial charge in [0.1, 0.15) is 11.8 Å². The lowest BCUT2D eigenvalue weighted by Crippen LogP contribution is -2.42. The van der Waals surface area contributed by atoms with Gasteiger partial charge in [0.05, 0.1) is 0 Å². The van der Waals surface area contributed by atoms with E-state index in [0.29, 0.717) is 11.7 Å². The van der Waals surface area contributed by atoms with Crippen LogP contribution in [0.3, 0.4) is 0 Å². The van der Waals surface area contributed by atoms with Gasteiger partial charge >= 0.3 is 0 Å². The van der Waals surface area contributed by atoms with E-state index in [2.05, 4.69) is 21.3 Å². The van der Waals surface area contributed by atoms with Crippen LogP contribution in [-0.2, 0) is 0 Å². The molecule has 1 N–H and O–H groups in total. The van der Waals surface area contributed by atoms with Gasteiger partial charge in [-0.1, -0.05) is 0 Å². The van der Waals surface area contributed by atoms with Gasteiger partial charge in [0.2, 0.25) is 0 Å². The van der Waals surface area contributed by atoms with Gasteiger partial charge in [-0.05, 0) is 44.4 Å². The molecule has 3 heterocycles. The van der Waals surface area contributed by atoms with Crippen molar-refractivity contribution in [2.75, 3.05) is 18.4 Å². The highest BCUT2D eigenvalue weighted by molar-refractivity contribution is 5.46. The summed E-state index contributed by atoms with van der Waals surface area (Å²) in [4.78, 5) is 6.61. The number of nitriles is 1. The molecule has 0 spiro atoms. The lowest BCUT2D eigenvalue weighted by Gasteiger charge is -2.35. The molecule has 1 aromatic heterocycles. The Kier molecular flexibility index (Phi) is 3.16. The molecule has 2 saturated heterocycles. The lowest BCUT2D eigenvalue weighted by molar-refractivity contribution is 0.188. The largest absolute Gasteiger partial charge is 0.382 e. The Morgan fingerprint density at radius 1 is 1.39 bits per heavy atom. The lowest BCUT2D eigenvalue weighted by atomic mass is 9.97. The van der Waals surface area contributed by atoms with E-state index >= 15 is 0 Å². The molecular formula is C14H18N4. The summed E-state index contributed by atoms with van der Waals surface area (Å²) in [6.07, 6.45) is 6.82. The fraction of sp³-hybridized carbons (Fsp3) is 0.571. The van der Waals surface area contributed by atoms with Gasteiger partial charge in [-0.3, -0.25) is 0 Å². The van der Waals surface area contributed by atoms with E-state index in [-0.39, 0.29) is 0 Å². The van der Waals surface area contributed by atoms with Crippen LogP contribution < -0.4 is 5.32 Å². The van der Waals surface area contributed by atoms with Crippen LogP contribution in [0.1, 0.15) is 31.4 Å². The van der Waals surface area contributed by atoms with Crippen LogP contribution in [0.2, 0.25) is 0 Å². The number of aromatic nitrogens is 1. The fourth-order valence-electron chi connectivity index (χ4n) is 3.17. The van der Waals surface area contributed by atoms with Crippen molar-refractivity contribution in [1.29, 1.82) is 5.26 Å². The fourth-order valence-corrected chi connectivity index (χ4v) is 3.17. The maximum absolute atomic E-state index is 8.84. The highest BCUT2D eigenvalue weighted by Gasteiger charge is 2.31. The number of pyridine rings is 1. The van der Waals surface area contributed by atoms with Gasteiger partial charge in [0, 0.05) is 30.5 Å². The molecule has 2 unspecified atom stereocenters. The molecule has 2 atom stereocenters. The monoisotopic (exact) mass is 242 g/mol. The Morgan fingerprint density at radius 2 is 2.33 bits per heavy atom. The van der Waals surface area contributed by atoms with Gasteiger partial charge in [0.15, 0.2) is 0 Å². The maximum Gasteiger partial charge on any atom is 0.142 e. The number of nitrogens with one attached hydrogen (secondary N) is 1. The van der Waals surface area contributed by atoms with Crippen molar-refractivity contribution in [3.05, 3.63) is 24.0 Å². The molecule has 0 aromatic carbocycles. The van der Waals surface area contributed by atoms with Gasteiger partial charge in [0.25, 0.3) is 0 Å². The van der Waals surface area contributed by atoms with Crippen molar-refractivity contribution in [3.63, 3.8) is 0 Å². The molecule has 0 amide bonds. The number of hydrogen-bond donors (Lipinski definition) is 1. The van der Waals surface area contributed by atoms with E-state index < -0.39 is 0 Å².